The van der Waals surface area contributed by atoms with Crippen molar-refractivity contribution in [2.24, 2.45) is 5.92 Å². The fraction of sp³-hybridized carbons (Fsp3) is 0.588. The molecule has 1 N–H and O–H groups in total. The van der Waals surface area contributed by atoms with E-state index in [2.05, 4.69) is 6.07 Å². The number of fused-ring (bicyclic) bond motifs is 1. The molecule has 2 atom stereocenters. The van der Waals surface area contributed by atoms with Gasteiger partial charge >= 0.3 is 0 Å². The fourth-order valence-corrected chi connectivity index (χ4v) is 3.43. The van der Waals surface area contributed by atoms with Gasteiger partial charge in [0.05, 0.1) is 12.6 Å². The smallest absolute Gasteiger partial charge is 0.223 e. The summed E-state index contributed by atoms with van der Waals surface area (Å²) in [6, 6.07) is 7.94. The molecule has 0 radical (unpaired) electrons. The first-order chi connectivity index (χ1) is 10.3. The van der Waals surface area contributed by atoms with Gasteiger partial charge < -0.3 is 14.7 Å². The van der Waals surface area contributed by atoms with Gasteiger partial charge in [0.15, 0.2) is 0 Å². The van der Waals surface area contributed by atoms with Crippen LogP contribution in [-0.4, -0.2) is 42.3 Å². The van der Waals surface area contributed by atoms with Gasteiger partial charge in [0, 0.05) is 26.2 Å². The van der Waals surface area contributed by atoms with E-state index in [1.54, 1.807) is 0 Å². The number of ether oxygens (including phenoxy) is 1. The van der Waals surface area contributed by atoms with Gasteiger partial charge in [-0.25, -0.2) is 0 Å². The van der Waals surface area contributed by atoms with Crippen LogP contribution in [0.2, 0.25) is 0 Å². The summed E-state index contributed by atoms with van der Waals surface area (Å²) < 4.78 is 5.36. The second kappa shape index (κ2) is 6.58. The highest BCUT2D eigenvalue weighted by atomic mass is 16.5. The van der Waals surface area contributed by atoms with Gasteiger partial charge in [-0.15, -0.1) is 0 Å². The molecule has 0 unspecified atom stereocenters. The van der Waals surface area contributed by atoms with Crippen LogP contribution < -0.4 is 0 Å². The Labute approximate surface area is 125 Å². The van der Waals surface area contributed by atoms with Crippen LogP contribution in [0.15, 0.2) is 24.3 Å². The number of nitrogens with zero attached hydrogens (tertiary/aromatic N) is 1. The van der Waals surface area contributed by atoms with Gasteiger partial charge in [-0.1, -0.05) is 24.3 Å². The predicted octanol–water partition coefficient (Wildman–Crippen LogP) is 1.92. The number of carbonyl (C=O) groups excluding carboxylic acids is 1. The van der Waals surface area contributed by atoms with Gasteiger partial charge in [0.2, 0.25) is 5.91 Å². The molecule has 0 bridgehead atoms. The molecule has 2 aliphatic rings. The number of amides is 1. The Morgan fingerprint density at radius 2 is 2.24 bits per heavy atom. The van der Waals surface area contributed by atoms with Crippen molar-refractivity contribution in [3.05, 3.63) is 35.4 Å². The number of hydrogen-bond donors (Lipinski definition) is 1. The van der Waals surface area contributed by atoms with Crippen molar-refractivity contribution in [2.75, 3.05) is 26.4 Å². The van der Waals surface area contributed by atoms with Gasteiger partial charge in [0.1, 0.15) is 0 Å². The number of carbonyl (C=O) groups is 1. The SMILES string of the molecule is O=C(CC[C@@H]1CCOC1)N1CCc2ccccc2[C@H]1CO. The first-order valence-electron chi connectivity index (χ1n) is 7.85. The van der Waals surface area contributed by atoms with Crippen LogP contribution in [-0.2, 0) is 16.0 Å². The molecule has 0 aliphatic carbocycles. The lowest BCUT2D eigenvalue weighted by Gasteiger charge is -2.36. The van der Waals surface area contributed by atoms with Crippen LogP contribution in [0.3, 0.4) is 0 Å². The minimum atomic E-state index is -0.178. The van der Waals surface area contributed by atoms with Gasteiger partial charge in [-0.3, -0.25) is 4.79 Å². The molecule has 1 aromatic rings. The Bertz CT molecular complexity index is 497. The van der Waals surface area contributed by atoms with Crippen LogP contribution >= 0.6 is 0 Å². The average molecular weight is 289 g/mol. The van der Waals surface area contributed by atoms with Crippen molar-refractivity contribution in [3.8, 4) is 0 Å². The third-order valence-electron chi connectivity index (χ3n) is 4.70. The van der Waals surface area contributed by atoms with E-state index in [-0.39, 0.29) is 18.6 Å². The number of hydrogen-bond acceptors (Lipinski definition) is 3. The van der Waals surface area contributed by atoms with E-state index in [0.29, 0.717) is 18.9 Å². The maximum Gasteiger partial charge on any atom is 0.223 e. The van der Waals surface area contributed by atoms with Gasteiger partial charge in [-0.05, 0) is 36.3 Å². The second-order valence-electron chi connectivity index (χ2n) is 6.00. The summed E-state index contributed by atoms with van der Waals surface area (Å²) in [7, 11) is 0. The molecule has 21 heavy (non-hydrogen) atoms. The van der Waals surface area contributed by atoms with Crippen molar-refractivity contribution in [1.29, 1.82) is 0 Å². The Kier molecular flexibility index (Phi) is 4.56. The number of rotatable bonds is 4. The van der Waals surface area contributed by atoms with Crippen molar-refractivity contribution < 1.29 is 14.6 Å². The summed E-state index contributed by atoms with van der Waals surface area (Å²) >= 11 is 0. The van der Waals surface area contributed by atoms with Crippen molar-refractivity contribution in [1.82, 2.24) is 4.90 Å². The molecule has 1 aromatic carbocycles. The maximum atomic E-state index is 12.5. The first kappa shape index (κ1) is 14.5. The Morgan fingerprint density at radius 3 is 3.00 bits per heavy atom. The number of aliphatic hydroxyl groups excluding tert-OH is 1. The lowest BCUT2D eigenvalue weighted by molar-refractivity contribution is -0.135. The Balaban J connectivity index is 1.65. The van der Waals surface area contributed by atoms with E-state index >= 15 is 0 Å². The number of benzene rings is 1. The Morgan fingerprint density at radius 1 is 1.38 bits per heavy atom. The molecule has 3 rings (SSSR count). The lowest BCUT2D eigenvalue weighted by Crippen LogP contribution is -2.41. The van der Waals surface area contributed by atoms with Crippen molar-refractivity contribution in [3.63, 3.8) is 0 Å². The zero-order chi connectivity index (χ0) is 14.7. The van der Waals surface area contributed by atoms with Crippen molar-refractivity contribution >= 4 is 5.91 Å². The predicted molar refractivity (Wildman–Crippen MR) is 79.8 cm³/mol. The summed E-state index contributed by atoms with van der Waals surface area (Å²) in [6.45, 7) is 2.33. The molecular formula is C17H23NO3. The zero-order valence-electron chi connectivity index (χ0n) is 12.3. The van der Waals surface area contributed by atoms with Gasteiger partial charge in [0.25, 0.3) is 0 Å². The largest absolute Gasteiger partial charge is 0.394 e. The molecule has 0 spiro atoms. The van der Waals surface area contributed by atoms with Crippen LogP contribution in [0.4, 0.5) is 0 Å². The molecule has 2 heterocycles. The van der Waals surface area contributed by atoms with E-state index in [4.69, 9.17) is 4.74 Å². The molecule has 114 valence electrons. The van der Waals surface area contributed by atoms with Crippen LogP contribution in [0.5, 0.6) is 0 Å². The molecule has 4 heteroatoms. The van der Waals surface area contributed by atoms with Crippen LogP contribution in [0.25, 0.3) is 0 Å². The average Bonchev–Trinajstić information content (AvgIpc) is 3.04. The summed E-state index contributed by atoms with van der Waals surface area (Å²) in [6.07, 6.45) is 3.41. The molecule has 0 aromatic heterocycles. The molecular weight excluding hydrogens is 266 g/mol. The highest BCUT2D eigenvalue weighted by Crippen LogP contribution is 2.30. The van der Waals surface area contributed by atoms with E-state index in [1.165, 1.54) is 5.56 Å². The number of aliphatic hydroxyl groups is 1. The quantitative estimate of drug-likeness (QED) is 0.921. The summed E-state index contributed by atoms with van der Waals surface area (Å²) in [5.41, 5.74) is 2.36. The summed E-state index contributed by atoms with van der Waals surface area (Å²) in [5, 5.41) is 9.72. The first-order valence-corrected chi connectivity index (χ1v) is 7.85. The standard InChI is InChI=1S/C17H23NO3/c19-11-16-15-4-2-1-3-14(15)7-9-18(16)17(20)6-5-13-8-10-21-12-13/h1-4,13,16,19H,5-12H2/t13-,16-/m1/s1. The normalized spacial score (nSPS) is 24.9. The highest BCUT2D eigenvalue weighted by Gasteiger charge is 2.30. The van der Waals surface area contributed by atoms with Crippen LogP contribution in [0.1, 0.15) is 36.4 Å². The van der Waals surface area contributed by atoms with E-state index in [1.807, 2.05) is 23.1 Å². The van der Waals surface area contributed by atoms with E-state index in [0.717, 1.165) is 38.0 Å². The minimum Gasteiger partial charge on any atom is -0.394 e. The second-order valence-corrected chi connectivity index (χ2v) is 6.00. The summed E-state index contributed by atoms with van der Waals surface area (Å²) in [5.74, 6) is 0.689. The third kappa shape index (κ3) is 3.11. The Hall–Kier alpha value is -1.39. The van der Waals surface area contributed by atoms with E-state index in [9.17, 15) is 9.90 Å². The van der Waals surface area contributed by atoms with E-state index < -0.39 is 0 Å². The molecule has 1 amide bonds. The molecule has 1 saturated heterocycles. The van der Waals surface area contributed by atoms with Crippen molar-refractivity contribution in [2.45, 2.75) is 31.7 Å². The summed E-state index contributed by atoms with van der Waals surface area (Å²) in [4.78, 5) is 14.4. The highest BCUT2D eigenvalue weighted by molar-refractivity contribution is 5.77. The molecule has 1 fully saturated rings. The monoisotopic (exact) mass is 289 g/mol. The van der Waals surface area contributed by atoms with Crippen LogP contribution in [0, 0.1) is 5.92 Å². The molecule has 2 aliphatic heterocycles. The van der Waals surface area contributed by atoms with Gasteiger partial charge in [-0.2, -0.15) is 0 Å². The third-order valence-corrected chi connectivity index (χ3v) is 4.70. The molecule has 0 saturated carbocycles. The fourth-order valence-electron chi connectivity index (χ4n) is 3.43. The topological polar surface area (TPSA) is 49.8 Å². The minimum absolute atomic E-state index is 0.00467. The lowest BCUT2D eigenvalue weighted by atomic mass is 9.92. The zero-order valence-corrected chi connectivity index (χ0v) is 12.3. The molecule has 4 nitrogen and oxygen atoms in total. The maximum absolute atomic E-state index is 12.5.